The molecular formula is C13H18O9. The van der Waals surface area contributed by atoms with Crippen molar-refractivity contribution in [2.24, 2.45) is 0 Å². The summed E-state index contributed by atoms with van der Waals surface area (Å²) in [6, 6.07) is 5.81. The van der Waals surface area contributed by atoms with Crippen molar-refractivity contribution < 1.29 is 45.3 Å². The van der Waals surface area contributed by atoms with Gasteiger partial charge in [0.15, 0.2) is 6.29 Å². The fourth-order valence-electron chi connectivity index (χ4n) is 1.27. The molecule has 0 aliphatic carbocycles. The average Bonchev–Trinajstić information content (AvgIpc) is 2.52. The van der Waals surface area contributed by atoms with Crippen LogP contribution in [0.1, 0.15) is 10.4 Å². The van der Waals surface area contributed by atoms with Crippen molar-refractivity contribution in [1.29, 1.82) is 0 Å². The Hall–Kier alpha value is -2.04. The highest BCUT2D eigenvalue weighted by Crippen LogP contribution is 2.14. The normalized spacial score (nSPS) is 15.7. The number of aliphatic hydroxyl groups is 5. The van der Waals surface area contributed by atoms with Gasteiger partial charge < -0.3 is 40.5 Å². The molecule has 0 fully saturated rings. The Kier molecular flexibility index (Phi) is 8.91. The first-order valence-electron chi connectivity index (χ1n) is 6.05. The molecule has 1 aromatic rings. The molecule has 0 saturated carbocycles. The van der Waals surface area contributed by atoms with Crippen LogP contribution in [0.4, 0.5) is 0 Å². The van der Waals surface area contributed by atoms with Crippen LogP contribution in [0.15, 0.2) is 24.3 Å². The lowest BCUT2D eigenvalue weighted by atomic mass is 10.0. The van der Waals surface area contributed by atoms with Crippen molar-refractivity contribution in [1.82, 2.24) is 0 Å². The van der Waals surface area contributed by atoms with Crippen molar-refractivity contribution in [3.05, 3.63) is 29.8 Å². The Balaban J connectivity index is 0.000000406. The van der Waals surface area contributed by atoms with E-state index in [0.29, 0.717) is 0 Å². The van der Waals surface area contributed by atoms with Crippen LogP contribution in [0.5, 0.6) is 5.75 Å². The summed E-state index contributed by atoms with van der Waals surface area (Å²) in [5.74, 6) is -1.31. The van der Waals surface area contributed by atoms with Crippen LogP contribution in [0.2, 0.25) is 0 Å². The van der Waals surface area contributed by atoms with Crippen molar-refractivity contribution in [2.45, 2.75) is 24.4 Å². The maximum atomic E-state index is 10.3. The molecule has 0 amide bonds. The second kappa shape index (κ2) is 9.82. The molecule has 1 aromatic carbocycles. The number of aliphatic hydroxyl groups excluding tert-OH is 5. The van der Waals surface area contributed by atoms with E-state index in [1.165, 1.54) is 12.1 Å². The zero-order chi connectivity index (χ0) is 17.3. The maximum absolute atomic E-state index is 10.3. The summed E-state index contributed by atoms with van der Waals surface area (Å²) >= 11 is 0. The van der Waals surface area contributed by atoms with E-state index in [1.807, 2.05) is 0 Å². The van der Waals surface area contributed by atoms with Crippen molar-refractivity contribution >= 4 is 12.3 Å². The smallest absolute Gasteiger partial charge is 0.339 e. The van der Waals surface area contributed by atoms with Crippen molar-refractivity contribution in [2.75, 3.05) is 6.61 Å². The van der Waals surface area contributed by atoms with Gasteiger partial charge in [-0.25, -0.2) is 4.79 Å². The minimum Gasteiger partial charge on any atom is -0.507 e. The molecular weight excluding hydrogens is 300 g/mol. The van der Waals surface area contributed by atoms with Gasteiger partial charge in [0.25, 0.3) is 0 Å². The van der Waals surface area contributed by atoms with Gasteiger partial charge in [-0.3, -0.25) is 0 Å². The fraction of sp³-hybridized carbons (Fsp3) is 0.385. The Labute approximate surface area is 125 Å². The molecule has 7 N–H and O–H groups in total. The summed E-state index contributed by atoms with van der Waals surface area (Å²) in [7, 11) is 0. The molecule has 9 nitrogen and oxygen atoms in total. The van der Waals surface area contributed by atoms with Crippen LogP contribution in [0.25, 0.3) is 0 Å². The molecule has 1 rings (SSSR count). The highest BCUT2D eigenvalue weighted by molar-refractivity contribution is 5.90. The number of aromatic hydroxyl groups is 1. The predicted molar refractivity (Wildman–Crippen MR) is 72.2 cm³/mol. The zero-order valence-corrected chi connectivity index (χ0v) is 11.4. The van der Waals surface area contributed by atoms with Gasteiger partial charge in [-0.2, -0.15) is 0 Å². The number of aldehydes is 1. The highest BCUT2D eigenvalue weighted by Gasteiger charge is 2.29. The number of aromatic carboxylic acids is 1. The van der Waals surface area contributed by atoms with Gasteiger partial charge in [-0.1, -0.05) is 12.1 Å². The number of phenols is 1. The first-order chi connectivity index (χ1) is 10.3. The number of rotatable bonds is 6. The monoisotopic (exact) mass is 318 g/mol. The quantitative estimate of drug-likeness (QED) is 0.285. The molecule has 0 aromatic heterocycles. The molecule has 0 spiro atoms. The third-order valence-corrected chi connectivity index (χ3v) is 2.55. The van der Waals surface area contributed by atoms with Gasteiger partial charge in [-0.05, 0) is 12.1 Å². The number of hydrogen-bond acceptors (Lipinski definition) is 8. The van der Waals surface area contributed by atoms with E-state index in [-0.39, 0.29) is 17.6 Å². The lowest BCUT2D eigenvalue weighted by Gasteiger charge is -2.22. The molecule has 0 radical (unpaired) electrons. The summed E-state index contributed by atoms with van der Waals surface area (Å²) in [6.07, 6.45) is -6.84. The second-order valence-corrected chi connectivity index (χ2v) is 4.18. The van der Waals surface area contributed by atoms with E-state index in [0.717, 1.165) is 0 Å². The first-order valence-corrected chi connectivity index (χ1v) is 6.05. The van der Waals surface area contributed by atoms with E-state index >= 15 is 0 Å². The van der Waals surface area contributed by atoms with Crippen LogP contribution in [-0.4, -0.2) is 79.0 Å². The zero-order valence-electron chi connectivity index (χ0n) is 11.4. The molecule has 0 heterocycles. The molecule has 9 heteroatoms. The molecule has 0 bridgehead atoms. The number of benzene rings is 1. The molecule has 4 atom stereocenters. The minimum atomic E-state index is -1.79. The number of para-hydroxylation sites is 1. The molecule has 0 unspecified atom stereocenters. The molecule has 0 aliphatic heterocycles. The summed E-state index contributed by atoms with van der Waals surface area (Å²) in [6.45, 7) is -0.760. The molecule has 0 saturated heterocycles. The third kappa shape index (κ3) is 6.16. The van der Waals surface area contributed by atoms with Crippen LogP contribution in [0.3, 0.4) is 0 Å². The van der Waals surface area contributed by atoms with Gasteiger partial charge in [0.1, 0.15) is 35.7 Å². The largest absolute Gasteiger partial charge is 0.507 e. The standard InChI is InChI=1S/C7H6O3.C6H12O6/c8-6-4-2-1-3-5(6)7(9)10;7-1-3(9)5(11)6(12)4(10)2-8/h1-4,8H,(H,9,10);1,3-6,8-12H,2H2/t;3-,4+,5+,6+/m.0/s1. The van der Waals surface area contributed by atoms with Gasteiger partial charge in [0, 0.05) is 0 Å². The first kappa shape index (κ1) is 20.0. The van der Waals surface area contributed by atoms with Crippen LogP contribution >= 0.6 is 0 Å². The molecule has 22 heavy (non-hydrogen) atoms. The average molecular weight is 318 g/mol. The Morgan fingerprint density at radius 1 is 1.09 bits per heavy atom. The number of carbonyl (C=O) groups excluding carboxylic acids is 1. The Bertz CT molecular complexity index is 476. The van der Waals surface area contributed by atoms with E-state index in [9.17, 15) is 9.59 Å². The SMILES string of the molecule is O=C(O)c1ccccc1O.O=C[C@H](O)[C@@H](O)[C@H](O)[C@H](O)CO. The van der Waals surface area contributed by atoms with Crippen LogP contribution in [0, 0.1) is 0 Å². The Morgan fingerprint density at radius 2 is 1.64 bits per heavy atom. The number of carboxylic acid groups (broad SMARTS) is 1. The summed E-state index contributed by atoms with van der Waals surface area (Å²) in [5, 5.41) is 60.8. The topological polar surface area (TPSA) is 176 Å². The van der Waals surface area contributed by atoms with Crippen LogP contribution < -0.4 is 0 Å². The fourth-order valence-corrected chi connectivity index (χ4v) is 1.27. The molecule has 124 valence electrons. The van der Waals surface area contributed by atoms with E-state index < -0.39 is 37.0 Å². The van der Waals surface area contributed by atoms with Gasteiger partial charge in [0.2, 0.25) is 0 Å². The van der Waals surface area contributed by atoms with Gasteiger partial charge in [-0.15, -0.1) is 0 Å². The number of hydrogen-bond donors (Lipinski definition) is 7. The summed E-state index contributed by atoms with van der Waals surface area (Å²) in [5.41, 5.74) is -0.0671. The highest BCUT2D eigenvalue weighted by atomic mass is 16.4. The van der Waals surface area contributed by atoms with Crippen molar-refractivity contribution in [3.63, 3.8) is 0 Å². The van der Waals surface area contributed by atoms with Crippen LogP contribution in [-0.2, 0) is 4.79 Å². The lowest BCUT2D eigenvalue weighted by Crippen LogP contribution is -2.46. The van der Waals surface area contributed by atoms with E-state index in [2.05, 4.69) is 0 Å². The second-order valence-electron chi connectivity index (χ2n) is 4.18. The minimum absolute atomic E-state index is 0.0258. The number of carboxylic acids is 1. The lowest BCUT2D eigenvalue weighted by molar-refractivity contribution is -0.136. The summed E-state index contributed by atoms with van der Waals surface area (Å²) < 4.78 is 0. The van der Waals surface area contributed by atoms with E-state index in [1.54, 1.807) is 12.1 Å². The van der Waals surface area contributed by atoms with Gasteiger partial charge >= 0.3 is 5.97 Å². The van der Waals surface area contributed by atoms with Gasteiger partial charge in [0.05, 0.1) is 6.61 Å². The Morgan fingerprint density at radius 3 is 2.00 bits per heavy atom. The van der Waals surface area contributed by atoms with Crippen molar-refractivity contribution in [3.8, 4) is 5.75 Å². The maximum Gasteiger partial charge on any atom is 0.339 e. The number of carbonyl (C=O) groups is 2. The van der Waals surface area contributed by atoms with E-state index in [4.69, 9.17) is 35.7 Å². The predicted octanol–water partition coefficient (Wildman–Crippen LogP) is -2.29. The third-order valence-electron chi connectivity index (χ3n) is 2.55. The molecule has 0 aliphatic rings. The summed E-state index contributed by atoms with van der Waals surface area (Å²) in [4.78, 5) is 20.2.